The molecule has 1 unspecified atom stereocenters. The maximum absolute atomic E-state index is 6.00. The van der Waals surface area contributed by atoms with E-state index >= 15 is 0 Å². The lowest BCUT2D eigenvalue weighted by atomic mass is 10.0. The molecule has 4 nitrogen and oxygen atoms in total. The van der Waals surface area contributed by atoms with Gasteiger partial charge < -0.3 is 19.4 Å². The second-order valence-corrected chi connectivity index (χ2v) is 6.47. The van der Waals surface area contributed by atoms with Crippen molar-refractivity contribution in [3.63, 3.8) is 0 Å². The van der Waals surface area contributed by atoms with Crippen LogP contribution in [0.3, 0.4) is 0 Å². The largest absolute Gasteiger partial charge is 0.493 e. The third-order valence-electron chi connectivity index (χ3n) is 4.96. The fourth-order valence-electron chi connectivity index (χ4n) is 3.69. The first-order chi connectivity index (χ1) is 12.4. The Morgan fingerprint density at radius 3 is 2.76 bits per heavy atom. The van der Waals surface area contributed by atoms with Crippen LogP contribution in [0.25, 0.3) is 10.9 Å². The quantitative estimate of drug-likeness (QED) is 0.770. The van der Waals surface area contributed by atoms with E-state index in [0.717, 1.165) is 37.6 Å². The molecule has 1 atom stereocenters. The van der Waals surface area contributed by atoms with Crippen molar-refractivity contribution in [2.24, 2.45) is 0 Å². The van der Waals surface area contributed by atoms with Gasteiger partial charge >= 0.3 is 0 Å². The van der Waals surface area contributed by atoms with E-state index in [1.807, 2.05) is 24.3 Å². The van der Waals surface area contributed by atoms with Gasteiger partial charge in [-0.1, -0.05) is 30.3 Å². The SMILES string of the molecule is COc1ccccc1OCCC1CNCCn2c1cc1ccccc12. The maximum Gasteiger partial charge on any atom is 0.161 e. The van der Waals surface area contributed by atoms with E-state index in [1.165, 1.54) is 16.6 Å². The zero-order valence-electron chi connectivity index (χ0n) is 14.6. The molecular formula is C21H24N2O2. The summed E-state index contributed by atoms with van der Waals surface area (Å²) in [6.07, 6.45) is 0.974. The number of para-hydroxylation sites is 3. The van der Waals surface area contributed by atoms with E-state index in [4.69, 9.17) is 9.47 Å². The Morgan fingerprint density at radius 2 is 1.88 bits per heavy atom. The van der Waals surface area contributed by atoms with Crippen molar-refractivity contribution in [2.75, 3.05) is 26.8 Å². The Bertz CT molecular complexity index is 856. The van der Waals surface area contributed by atoms with Crippen molar-refractivity contribution in [1.82, 2.24) is 9.88 Å². The molecule has 0 fully saturated rings. The van der Waals surface area contributed by atoms with Crippen LogP contribution in [0, 0.1) is 0 Å². The minimum absolute atomic E-state index is 0.449. The van der Waals surface area contributed by atoms with Gasteiger partial charge in [0.25, 0.3) is 0 Å². The summed E-state index contributed by atoms with van der Waals surface area (Å²) in [5.74, 6) is 2.05. The molecule has 25 heavy (non-hydrogen) atoms. The van der Waals surface area contributed by atoms with E-state index in [2.05, 4.69) is 40.2 Å². The molecular weight excluding hydrogens is 312 g/mol. The van der Waals surface area contributed by atoms with Gasteiger partial charge in [-0.25, -0.2) is 0 Å². The molecule has 1 aromatic heterocycles. The molecule has 1 aliphatic rings. The summed E-state index contributed by atoms with van der Waals surface area (Å²) < 4.78 is 13.8. The van der Waals surface area contributed by atoms with Crippen LogP contribution in [0.2, 0.25) is 0 Å². The minimum Gasteiger partial charge on any atom is -0.493 e. The minimum atomic E-state index is 0.449. The zero-order chi connectivity index (χ0) is 17.1. The van der Waals surface area contributed by atoms with E-state index in [9.17, 15) is 0 Å². The van der Waals surface area contributed by atoms with Crippen LogP contribution >= 0.6 is 0 Å². The summed E-state index contributed by atoms with van der Waals surface area (Å²) >= 11 is 0. The molecule has 2 heterocycles. The monoisotopic (exact) mass is 336 g/mol. The zero-order valence-corrected chi connectivity index (χ0v) is 14.6. The Hall–Kier alpha value is -2.46. The summed E-state index contributed by atoms with van der Waals surface area (Å²) in [4.78, 5) is 0. The smallest absolute Gasteiger partial charge is 0.161 e. The van der Waals surface area contributed by atoms with Crippen molar-refractivity contribution in [3.05, 3.63) is 60.3 Å². The van der Waals surface area contributed by atoms with Crippen molar-refractivity contribution in [1.29, 1.82) is 0 Å². The lowest BCUT2D eigenvalue weighted by molar-refractivity contribution is 0.277. The summed E-state index contributed by atoms with van der Waals surface area (Å²) in [6, 6.07) is 18.8. The van der Waals surface area contributed by atoms with Gasteiger partial charge in [0.1, 0.15) is 0 Å². The second-order valence-electron chi connectivity index (χ2n) is 6.47. The predicted molar refractivity (Wildman–Crippen MR) is 101 cm³/mol. The molecule has 1 aliphatic heterocycles. The van der Waals surface area contributed by atoms with E-state index < -0.39 is 0 Å². The Morgan fingerprint density at radius 1 is 1.08 bits per heavy atom. The van der Waals surface area contributed by atoms with Crippen LogP contribution in [0.4, 0.5) is 0 Å². The average Bonchev–Trinajstić information content (AvgIpc) is 2.91. The number of nitrogens with zero attached hydrogens (tertiary/aromatic N) is 1. The Labute approximate surface area is 148 Å². The van der Waals surface area contributed by atoms with Gasteiger partial charge in [-0.15, -0.1) is 0 Å². The highest BCUT2D eigenvalue weighted by Gasteiger charge is 2.21. The first kappa shape index (κ1) is 16.0. The van der Waals surface area contributed by atoms with Gasteiger partial charge in [0.15, 0.2) is 11.5 Å². The van der Waals surface area contributed by atoms with Gasteiger partial charge in [0.05, 0.1) is 13.7 Å². The van der Waals surface area contributed by atoms with Crippen LogP contribution in [-0.2, 0) is 6.54 Å². The summed E-state index contributed by atoms with van der Waals surface area (Å²) in [6.45, 7) is 3.70. The van der Waals surface area contributed by atoms with Gasteiger partial charge in [-0.2, -0.15) is 0 Å². The number of aromatic nitrogens is 1. The lowest BCUT2D eigenvalue weighted by Crippen LogP contribution is -2.21. The molecule has 0 amide bonds. The Kier molecular flexibility index (Phi) is 4.61. The molecule has 4 rings (SSSR count). The molecule has 1 N–H and O–H groups in total. The number of fused-ring (bicyclic) bond motifs is 3. The van der Waals surface area contributed by atoms with E-state index in [1.54, 1.807) is 7.11 Å². The van der Waals surface area contributed by atoms with Crippen LogP contribution in [0.15, 0.2) is 54.6 Å². The molecule has 0 saturated heterocycles. The van der Waals surface area contributed by atoms with Crippen LogP contribution < -0.4 is 14.8 Å². The van der Waals surface area contributed by atoms with Crippen LogP contribution in [0.1, 0.15) is 18.0 Å². The van der Waals surface area contributed by atoms with Crippen molar-refractivity contribution in [3.8, 4) is 11.5 Å². The summed E-state index contributed by atoms with van der Waals surface area (Å²) in [5.41, 5.74) is 2.74. The first-order valence-electron chi connectivity index (χ1n) is 8.91. The molecule has 0 aliphatic carbocycles. The molecule has 2 aromatic carbocycles. The van der Waals surface area contributed by atoms with Gasteiger partial charge in [0, 0.05) is 36.8 Å². The van der Waals surface area contributed by atoms with E-state index in [-0.39, 0.29) is 0 Å². The maximum atomic E-state index is 6.00. The number of rotatable bonds is 5. The number of nitrogens with one attached hydrogen (secondary N) is 1. The second kappa shape index (κ2) is 7.19. The predicted octanol–water partition coefficient (Wildman–Crippen LogP) is 3.81. The molecule has 0 spiro atoms. The summed E-state index contributed by atoms with van der Waals surface area (Å²) in [7, 11) is 1.68. The van der Waals surface area contributed by atoms with Crippen molar-refractivity contribution in [2.45, 2.75) is 18.9 Å². The molecule has 4 heteroatoms. The van der Waals surface area contributed by atoms with Crippen molar-refractivity contribution >= 4 is 10.9 Å². The van der Waals surface area contributed by atoms with Crippen molar-refractivity contribution < 1.29 is 9.47 Å². The molecule has 0 radical (unpaired) electrons. The standard InChI is InChI=1S/C21H24N2O2/c1-24-20-8-4-5-9-21(20)25-13-10-17-15-22-11-12-23-18-7-3-2-6-16(18)14-19(17)23/h2-9,14,17,22H,10-13,15H2,1H3. The number of ether oxygens (including phenoxy) is 2. The van der Waals surface area contributed by atoms with Gasteiger partial charge in [-0.05, 0) is 36.1 Å². The van der Waals surface area contributed by atoms with Crippen LogP contribution in [0.5, 0.6) is 11.5 Å². The van der Waals surface area contributed by atoms with Gasteiger partial charge in [-0.3, -0.25) is 0 Å². The molecule has 130 valence electrons. The molecule has 3 aromatic rings. The Balaban J connectivity index is 1.51. The lowest BCUT2D eigenvalue weighted by Gasteiger charge is -2.17. The molecule has 0 bridgehead atoms. The van der Waals surface area contributed by atoms with Gasteiger partial charge in [0.2, 0.25) is 0 Å². The third kappa shape index (κ3) is 3.22. The summed E-state index contributed by atoms with van der Waals surface area (Å²) in [5, 5.41) is 4.89. The number of benzene rings is 2. The van der Waals surface area contributed by atoms with Crippen LogP contribution in [-0.4, -0.2) is 31.4 Å². The highest BCUT2D eigenvalue weighted by Crippen LogP contribution is 2.30. The highest BCUT2D eigenvalue weighted by molar-refractivity contribution is 5.81. The average molecular weight is 336 g/mol. The normalized spacial score (nSPS) is 17.1. The van der Waals surface area contributed by atoms with E-state index in [0.29, 0.717) is 12.5 Å². The number of hydrogen-bond acceptors (Lipinski definition) is 3. The molecule has 0 saturated carbocycles. The number of methoxy groups -OCH3 is 1. The third-order valence-corrected chi connectivity index (χ3v) is 4.96. The fraction of sp³-hybridized carbons (Fsp3) is 0.333. The first-order valence-corrected chi connectivity index (χ1v) is 8.91. The topological polar surface area (TPSA) is 35.4 Å². The highest BCUT2D eigenvalue weighted by atomic mass is 16.5. The number of hydrogen-bond donors (Lipinski definition) is 1. The fourth-order valence-corrected chi connectivity index (χ4v) is 3.69.